The Morgan fingerprint density at radius 2 is 1.86 bits per heavy atom. The zero-order valence-corrected chi connectivity index (χ0v) is 6.96. The molecule has 14 heavy (non-hydrogen) atoms. The van der Waals surface area contributed by atoms with E-state index in [4.69, 9.17) is 5.11 Å². The predicted molar refractivity (Wildman–Crippen MR) is 38.2 cm³/mol. The van der Waals surface area contributed by atoms with Crippen LogP contribution >= 0.6 is 0 Å². The number of nitrogens with zero attached hydrogens (tertiary/aromatic N) is 2. The second kappa shape index (κ2) is 5.55. The standard InChI is InChI=1S/C6H8F4N2O2/c1-4(6(13)14)2-5(12(9)10)3-11(7)8/h5H,1-3H2,(H,13,14). The summed E-state index contributed by atoms with van der Waals surface area (Å²) in [7, 11) is 0. The third-order valence-electron chi connectivity index (χ3n) is 1.41. The molecule has 0 aromatic rings. The third-order valence-corrected chi connectivity index (χ3v) is 1.41. The van der Waals surface area contributed by atoms with Crippen LogP contribution in [-0.4, -0.2) is 34.4 Å². The van der Waals surface area contributed by atoms with Gasteiger partial charge in [0.05, 0.1) is 12.6 Å². The highest BCUT2D eigenvalue weighted by atomic mass is 19.4. The molecule has 0 aliphatic heterocycles. The first-order valence-corrected chi connectivity index (χ1v) is 3.45. The number of carbonyl (C=O) groups is 1. The van der Waals surface area contributed by atoms with Crippen LogP contribution in [0.5, 0.6) is 0 Å². The maximum atomic E-state index is 11.9. The molecule has 0 rings (SSSR count). The van der Waals surface area contributed by atoms with Crippen molar-refractivity contribution in [3.05, 3.63) is 12.2 Å². The minimum atomic E-state index is -1.88. The van der Waals surface area contributed by atoms with Crippen LogP contribution in [0.3, 0.4) is 0 Å². The molecule has 0 saturated carbocycles. The number of hydrogen-bond donors (Lipinski definition) is 1. The molecule has 0 fully saturated rings. The molecule has 0 saturated heterocycles. The third kappa shape index (κ3) is 4.77. The Morgan fingerprint density at radius 1 is 1.36 bits per heavy atom. The van der Waals surface area contributed by atoms with Gasteiger partial charge < -0.3 is 5.11 Å². The summed E-state index contributed by atoms with van der Waals surface area (Å²) in [5, 5.41) is 5.39. The predicted octanol–water partition coefficient (Wildman–Crippen LogP) is 1.53. The fourth-order valence-electron chi connectivity index (χ4n) is 0.726. The smallest absolute Gasteiger partial charge is 0.331 e. The van der Waals surface area contributed by atoms with Crippen molar-refractivity contribution in [3.8, 4) is 0 Å². The van der Waals surface area contributed by atoms with Crippen LogP contribution in [0.4, 0.5) is 17.9 Å². The molecular formula is C6H8F4N2O2. The van der Waals surface area contributed by atoms with E-state index >= 15 is 0 Å². The van der Waals surface area contributed by atoms with Gasteiger partial charge in [0.2, 0.25) is 0 Å². The normalized spacial score (nSPS) is 13.3. The molecule has 1 N–H and O–H groups in total. The van der Waals surface area contributed by atoms with Crippen molar-refractivity contribution >= 4 is 5.97 Å². The molecule has 1 unspecified atom stereocenters. The van der Waals surface area contributed by atoms with Gasteiger partial charge in [0.1, 0.15) is 0 Å². The molecule has 4 nitrogen and oxygen atoms in total. The Morgan fingerprint density at radius 3 is 2.14 bits per heavy atom. The van der Waals surface area contributed by atoms with E-state index in [0.717, 1.165) is 0 Å². The number of aliphatic carboxylic acids is 1. The summed E-state index contributed by atoms with van der Waals surface area (Å²) in [6, 6.07) is -1.88. The van der Waals surface area contributed by atoms with Gasteiger partial charge in [-0.1, -0.05) is 6.58 Å². The van der Waals surface area contributed by atoms with Gasteiger partial charge in [0.25, 0.3) is 0 Å². The Hall–Kier alpha value is -1.15. The van der Waals surface area contributed by atoms with E-state index < -0.39 is 41.2 Å². The molecule has 0 aliphatic carbocycles. The summed E-state index contributed by atoms with van der Waals surface area (Å²) < 4.78 is 47.0. The zero-order valence-electron chi connectivity index (χ0n) is 6.96. The molecule has 0 aliphatic rings. The lowest BCUT2D eigenvalue weighted by Gasteiger charge is -2.15. The average molecular weight is 216 g/mol. The van der Waals surface area contributed by atoms with Gasteiger partial charge >= 0.3 is 5.97 Å². The SMILES string of the molecule is C=C(CC(CN(F)F)N(F)F)C(=O)O. The van der Waals surface area contributed by atoms with Crippen LogP contribution < -0.4 is 0 Å². The summed E-state index contributed by atoms with van der Waals surface area (Å²) >= 11 is 0. The number of hydrogen-bond acceptors (Lipinski definition) is 3. The van der Waals surface area contributed by atoms with E-state index in [2.05, 4.69) is 6.58 Å². The van der Waals surface area contributed by atoms with Crippen LogP contribution in [0.2, 0.25) is 0 Å². The van der Waals surface area contributed by atoms with Crippen molar-refractivity contribution < 1.29 is 27.8 Å². The molecule has 1 atom stereocenters. The molecular weight excluding hydrogens is 208 g/mol. The zero-order chi connectivity index (χ0) is 11.3. The first kappa shape index (κ1) is 12.8. The summed E-state index contributed by atoms with van der Waals surface area (Å²) in [5.41, 5.74) is -0.544. The highest BCUT2D eigenvalue weighted by Gasteiger charge is 2.24. The fraction of sp³-hybridized carbons (Fsp3) is 0.500. The highest BCUT2D eigenvalue weighted by molar-refractivity contribution is 5.85. The summed E-state index contributed by atoms with van der Waals surface area (Å²) in [6.07, 6.45) is -0.729. The van der Waals surface area contributed by atoms with E-state index in [0.29, 0.717) is 0 Å². The summed E-state index contributed by atoms with van der Waals surface area (Å²) in [6.45, 7) is 1.71. The first-order chi connectivity index (χ1) is 6.34. The van der Waals surface area contributed by atoms with Gasteiger partial charge in [-0.15, -0.1) is 17.9 Å². The van der Waals surface area contributed by atoms with Crippen LogP contribution in [0, 0.1) is 0 Å². The van der Waals surface area contributed by atoms with E-state index in [-0.39, 0.29) is 0 Å². The van der Waals surface area contributed by atoms with Crippen molar-refractivity contribution in [1.82, 2.24) is 10.7 Å². The lowest BCUT2D eigenvalue weighted by molar-refractivity contribution is -0.229. The van der Waals surface area contributed by atoms with Crippen molar-refractivity contribution in [1.29, 1.82) is 0 Å². The Balaban J connectivity index is 4.23. The van der Waals surface area contributed by atoms with Crippen molar-refractivity contribution in [2.24, 2.45) is 0 Å². The average Bonchev–Trinajstić information content (AvgIpc) is 2.01. The number of carboxylic acid groups (broad SMARTS) is 1. The summed E-state index contributed by atoms with van der Waals surface area (Å²) in [4.78, 5) is 10.2. The molecule has 0 radical (unpaired) electrons. The van der Waals surface area contributed by atoms with Crippen molar-refractivity contribution in [2.45, 2.75) is 12.5 Å². The first-order valence-electron chi connectivity index (χ1n) is 3.45. The van der Waals surface area contributed by atoms with E-state index in [1.807, 2.05) is 0 Å². The van der Waals surface area contributed by atoms with E-state index in [9.17, 15) is 22.7 Å². The van der Waals surface area contributed by atoms with Crippen molar-refractivity contribution in [2.75, 3.05) is 6.54 Å². The highest BCUT2D eigenvalue weighted by Crippen LogP contribution is 2.13. The second-order valence-corrected chi connectivity index (χ2v) is 2.51. The van der Waals surface area contributed by atoms with Crippen LogP contribution in [-0.2, 0) is 4.79 Å². The maximum absolute atomic E-state index is 11.9. The summed E-state index contributed by atoms with van der Waals surface area (Å²) in [5.74, 6) is -1.49. The fourth-order valence-corrected chi connectivity index (χ4v) is 0.726. The minimum absolute atomic E-state index is 0.544. The van der Waals surface area contributed by atoms with Gasteiger partial charge in [0, 0.05) is 22.7 Å². The molecule has 82 valence electrons. The number of rotatable bonds is 6. The monoisotopic (exact) mass is 216 g/mol. The van der Waals surface area contributed by atoms with Gasteiger partial charge in [-0.25, -0.2) is 4.79 Å². The number of carboxylic acids is 1. The number of halogens is 4. The molecule has 0 heterocycles. The van der Waals surface area contributed by atoms with Crippen LogP contribution in [0.25, 0.3) is 0 Å². The van der Waals surface area contributed by atoms with Gasteiger partial charge in [-0.05, 0) is 0 Å². The lowest BCUT2D eigenvalue weighted by Crippen LogP contribution is -2.31. The minimum Gasteiger partial charge on any atom is -0.478 e. The van der Waals surface area contributed by atoms with Crippen LogP contribution in [0.1, 0.15) is 6.42 Å². The Labute approximate surface area is 76.8 Å². The van der Waals surface area contributed by atoms with Gasteiger partial charge in [0.15, 0.2) is 0 Å². The Bertz CT molecular complexity index is 222. The second-order valence-electron chi connectivity index (χ2n) is 2.51. The van der Waals surface area contributed by atoms with Crippen LogP contribution in [0.15, 0.2) is 12.2 Å². The molecule has 0 bridgehead atoms. The quantitative estimate of drug-likeness (QED) is 0.415. The van der Waals surface area contributed by atoms with Crippen molar-refractivity contribution in [3.63, 3.8) is 0 Å². The largest absolute Gasteiger partial charge is 0.478 e. The topological polar surface area (TPSA) is 43.8 Å². The maximum Gasteiger partial charge on any atom is 0.331 e. The molecule has 0 spiro atoms. The Kier molecular flexibility index (Phi) is 5.10. The lowest BCUT2D eigenvalue weighted by atomic mass is 10.1. The molecule has 0 aromatic carbocycles. The van der Waals surface area contributed by atoms with E-state index in [1.54, 1.807) is 0 Å². The molecule has 0 aromatic heterocycles. The molecule has 0 amide bonds. The van der Waals surface area contributed by atoms with Gasteiger partial charge in [-0.3, -0.25) is 0 Å². The van der Waals surface area contributed by atoms with E-state index in [1.165, 1.54) is 0 Å². The molecule has 8 heteroatoms. The van der Waals surface area contributed by atoms with Gasteiger partial charge in [-0.2, -0.15) is 0 Å².